The van der Waals surface area contributed by atoms with Crippen molar-refractivity contribution in [2.24, 2.45) is 10.9 Å². The molecule has 2 aliphatic rings. The molecule has 0 aliphatic carbocycles. The summed E-state index contributed by atoms with van der Waals surface area (Å²) < 4.78 is 9.85. The van der Waals surface area contributed by atoms with Crippen LogP contribution >= 0.6 is 34.3 Å². The third-order valence-electron chi connectivity index (χ3n) is 12.8. The summed E-state index contributed by atoms with van der Waals surface area (Å²) in [7, 11) is 0. The minimum atomic E-state index is -0.838. The van der Waals surface area contributed by atoms with Crippen LogP contribution in [-0.4, -0.2) is 99.3 Å². The summed E-state index contributed by atoms with van der Waals surface area (Å²) in [6.45, 7) is 14.3. The third kappa shape index (κ3) is 10.0. The average molecular weight is 1000 g/mol. The number of aliphatic hydroxyl groups excluding tert-OH is 1. The van der Waals surface area contributed by atoms with Crippen LogP contribution in [0, 0.1) is 33.6 Å². The smallest absolute Gasteiger partial charge is 0.248 e. The molecule has 5 atom stereocenters. The lowest BCUT2D eigenvalue weighted by Gasteiger charge is -2.30. The zero-order valence-electron chi connectivity index (χ0n) is 39.9. The highest BCUT2D eigenvalue weighted by atomic mass is 35.5. The number of fused-ring (bicyclic) bond motifs is 3. The number of aliphatic hydroxyl groups is 1. The van der Waals surface area contributed by atoms with Crippen LogP contribution in [-0.2, 0) is 20.9 Å². The van der Waals surface area contributed by atoms with Gasteiger partial charge in [0.15, 0.2) is 5.82 Å². The maximum absolute atomic E-state index is 14.3. The molecule has 7 heterocycles. The van der Waals surface area contributed by atoms with Crippen molar-refractivity contribution < 1.29 is 24.2 Å². The van der Waals surface area contributed by atoms with Gasteiger partial charge in [-0.15, -0.1) is 32.9 Å². The van der Waals surface area contributed by atoms with Crippen LogP contribution in [0.15, 0.2) is 89.8 Å². The number of carbonyl (C=O) groups is 3. The van der Waals surface area contributed by atoms with Crippen LogP contribution in [0.5, 0.6) is 5.88 Å². The number of nitrogens with zero attached hydrogens (tertiary/aromatic N) is 9. The molecular weight excluding hydrogens is 946 g/mol. The van der Waals surface area contributed by atoms with Gasteiger partial charge in [-0.05, 0) is 81.0 Å². The molecule has 9 rings (SSSR count). The topological polar surface area (TPSA) is 195 Å². The van der Waals surface area contributed by atoms with Gasteiger partial charge in [0.05, 0.1) is 47.1 Å². The summed E-state index contributed by atoms with van der Waals surface area (Å²) in [6, 6.07) is 16.9. The van der Waals surface area contributed by atoms with Crippen LogP contribution in [0.4, 0.5) is 0 Å². The molecule has 362 valence electrons. The zero-order valence-corrected chi connectivity index (χ0v) is 42.3. The number of ether oxygens (including phenoxy) is 1. The normalized spacial score (nSPS) is 17.4. The van der Waals surface area contributed by atoms with Gasteiger partial charge in [-0.2, -0.15) is 5.10 Å². The van der Waals surface area contributed by atoms with Crippen LogP contribution in [0.1, 0.15) is 90.2 Å². The number of amides is 3. The number of benzene rings is 2. The van der Waals surface area contributed by atoms with Gasteiger partial charge < -0.3 is 25.4 Å². The zero-order chi connectivity index (χ0) is 49.4. The highest BCUT2D eigenvalue weighted by molar-refractivity contribution is 7.15. The molecular formula is C51H54ClN11O5S2. The fraction of sp³-hybridized carbons (Fsp3) is 0.353. The molecule has 3 N–H and O–H groups in total. The Labute approximate surface area is 418 Å². The van der Waals surface area contributed by atoms with E-state index < -0.39 is 30.3 Å². The first-order chi connectivity index (χ1) is 33.6. The van der Waals surface area contributed by atoms with Gasteiger partial charge in [-0.25, -0.2) is 9.97 Å². The maximum Gasteiger partial charge on any atom is 0.248 e. The summed E-state index contributed by atoms with van der Waals surface area (Å²) in [5, 5.41) is 31.9. The number of likely N-dealkylation sites (tertiary alicyclic amines) is 1. The van der Waals surface area contributed by atoms with Crippen molar-refractivity contribution in [1.29, 1.82) is 0 Å². The number of halogens is 1. The van der Waals surface area contributed by atoms with E-state index in [1.54, 1.807) is 52.0 Å². The monoisotopic (exact) mass is 999 g/mol. The van der Waals surface area contributed by atoms with Crippen molar-refractivity contribution in [3.05, 3.63) is 134 Å². The van der Waals surface area contributed by atoms with Gasteiger partial charge in [0.1, 0.15) is 35.1 Å². The number of thiazole rings is 1. The Morgan fingerprint density at radius 3 is 2.41 bits per heavy atom. The predicted octanol–water partition coefficient (Wildman–Crippen LogP) is 7.94. The second kappa shape index (κ2) is 20.4. The number of carbonyl (C=O) groups excluding carboxylic acids is 3. The molecule has 2 aromatic carbocycles. The number of aliphatic imine (C=N–C) groups is 1. The lowest BCUT2D eigenvalue weighted by molar-refractivity contribution is -0.142. The maximum atomic E-state index is 14.3. The highest BCUT2D eigenvalue weighted by Gasteiger charge is 2.42. The number of thiophene rings is 1. The summed E-state index contributed by atoms with van der Waals surface area (Å²) in [4.78, 5) is 59.4. The molecule has 2 aliphatic heterocycles. The largest absolute Gasteiger partial charge is 0.473 e. The van der Waals surface area contributed by atoms with Crippen molar-refractivity contribution in [1.82, 2.24) is 50.0 Å². The van der Waals surface area contributed by atoms with Crippen molar-refractivity contribution in [2.45, 2.75) is 98.2 Å². The molecule has 1 saturated heterocycles. The van der Waals surface area contributed by atoms with E-state index in [4.69, 9.17) is 21.3 Å². The first-order valence-electron chi connectivity index (χ1n) is 23.2. The lowest BCUT2D eigenvalue weighted by Crippen LogP contribution is -2.49. The van der Waals surface area contributed by atoms with Crippen LogP contribution in [0.25, 0.3) is 26.6 Å². The summed E-state index contributed by atoms with van der Waals surface area (Å²) >= 11 is 9.51. The van der Waals surface area contributed by atoms with E-state index in [1.165, 1.54) is 4.90 Å². The second-order valence-electron chi connectivity index (χ2n) is 18.2. The average Bonchev–Trinajstić information content (AvgIpc) is 4.19. The minimum absolute atomic E-state index is 0.0305. The molecule has 5 aromatic heterocycles. The molecule has 0 spiro atoms. The van der Waals surface area contributed by atoms with Crippen LogP contribution in [0.3, 0.4) is 0 Å². The fourth-order valence-corrected chi connectivity index (χ4v) is 11.2. The number of nitrogens with one attached hydrogen (secondary N) is 2. The second-order valence-corrected chi connectivity index (χ2v) is 20.7. The molecule has 0 unspecified atom stereocenters. The van der Waals surface area contributed by atoms with Gasteiger partial charge in [0.25, 0.3) is 0 Å². The van der Waals surface area contributed by atoms with Gasteiger partial charge in [0, 0.05) is 64.6 Å². The lowest BCUT2D eigenvalue weighted by atomic mass is 9.99. The van der Waals surface area contributed by atoms with E-state index in [-0.39, 0.29) is 56.1 Å². The standard InChI is InChI=1S/C51H54ClN11O5S2/c1-27(2)46(50(67)61-25-39(64)19-41(61)49(66)55-22-33-8-10-35(11-9-33)47-30(5)56-26-69-47)62-24-37(23-57-62)36-16-17-53-43(18-36)68-28(3)21-54-42(65)20-40-48-60-59-32(7)63(48)51-44(29(4)31(6)70-51)45(58-40)34-12-14-38(52)15-13-34/h8-18,23-24,26-28,39-41,46,64H,19-22,25H2,1-7H3,(H,54,65)(H,55,66)/t28-,39-,40+,41+,46+/m1/s1. The minimum Gasteiger partial charge on any atom is -0.473 e. The molecule has 70 heavy (non-hydrogen) atoms. The molecule has 19 heteroatoms. The number of aryl methyl sites for hydroxylation is 3. The van der Waals surface area contributed by atoms with Crippen LogP contribution in [0.2, 0.25) is 5.02 Å². The number of pyridine rings is 1. The third-order valence-corrected chi connectivity index (χ3v) is 15.2. The quantitative estimate of drug-likeness (QED) is 0.0908. The van der Waals surface area contributed by atoms with E-state index >= 15 is 0 Å². The number of hydrogen-bond acceptors (Lipinski definition) is 13. The van der Waals surface area contributed by atoms with E-state index in [2.05, 4.69) is 49.7 Å². The SMILES string of the molecule is Cc1ncsc1-c1ccc(CNC(=O)[C@@H]2C[C@@H](O)CN2C(=O)[C@H](C(C)C)n2cc(-c3ccnc(O[C@H](C)CNC(=O)C[C@@H]4N=C(c5ccc(Cl)cc5)c5c(sc(C)c5C)-n5c(C)nnc54)c3)cn2)cc1. The fourth-order valence-electron chi connectivity index (χ4n) is 9.02. The summed E-state index contributed by atoms with van der Waals surface area (Å²) in [6.07, 6.45) is 3.97. The van der Waals surface area contributed by atoms with Crippen molar-refractivity contribution >= 4 is 57.7 Å². The predicted molar refractivity (Wildman–Crippen MR) is 271 cm³/mol. The van der Waals surface area contributed by atoms with Crippen molar-refractivity contribution in [3.8, 4) is 32.4 Å². The van der Waals surface area contributed by atoms with E-state index in [0.29, 0.717) is 22.6 Å². The number of β-amino-alcohol motifs (C(OH)–C–C–N with tert-alkyl or cyclic N) is 1. The van der Waals surface area contributed by atoms with Gasteiger partial charge in [-0.1, -0.05) is 61.8 Å². The van der Waals surface area contributed by atoms with Crippen molar-refractivity contribution in [3.63, 3.8) is 0 Å². The number of aromatic nitrogens is 7. The Hall–Kier alpha value is -6.60. The Kier molecular flexibility index (Phi) is 14.1. The molecule has 0 radical (unpaired) electrons. The molecule has 7 aromatic rings. The van der Waals surface area contributed by atoms with Gasteiger partial charge in [-0.3, -0.25) is 28.6 Å². The molecule has 3 amide bonds. The Morgan fingerprint density at radius 2 is 1.69 bits per heavy atom. The van der Waals surface area contributed by atoms with Gasteiger partial charge >= 0.3 is 0 Å². The highest BCUT2D eigenvalue weighted by Crippen LogP contribution is 2.40. The van der Waals surface area contributed by atoms with E-state index in [9.17, 15) is 19.5 Å². The molecule has 0 saturated carbocycles. The first kappa shape index (κ1) is 48.4. The number of hydrogen-bond donors (Lipinski definition) is 3. The first-order valence-corrected chi connectivity index (χ1v) is 25.3. The molecule has 1 fully saturated rings. The van der Waals surface area contributed by atoms with E-state index in [0.717, 1.165) is 65.1 Å². The summed E-state index contributed by atoms with van der Waals surface area (Å²) in [5.74, 6) is 0.600. The molecule has 0 bridgehead atoms. The van der Waals surface area contributed by atoms with Gasteiger partial charge in [0.2, 0.25) is 23.6 Å². The number of rotatable bonds is 15. The Balaban J connectivity index is 0.831. The Morgan fingerprint density at radius 1 is 0.929 bits per heavy atom. The van der Waals surface area contributed by atoms with Crippen LogP contribution < -0.4 is 15.4 Å². The Bertz CT molecular complexity index is 3090. The van der Waals surface area contributed by atoms with E-state index in [1.807, 2.05) is 99.3 Å². The van der Waals surface area contributed by atoms with Crippen molar-refractivity contribution in [2.75, 3.05) is 13.1 Å². The molecule has 16 nitrogen and oxygen atoms in total. The summed E-state index contributed by atoms with van der Waals surface area (Å²) in [5.41, 5.74) is 10.0.